The number of amides is 1. The fraction of sp³-hybridized carbons (Fsp3) is 0.636. The molecule has 1 fully saturated rings. The number of hydrogen-bond acceptors (Lipinski definition) is 5. The zero-order valence-corrected chi connectivity index (χ0v) is 9.90. The molecular formula is C11H18N2O4. The molecule has 17 heavy (non-hydrogen) atoms. The summed E-state index contributed by atoms with van der Waals surface area (Å²) in [6.45, 7) is 4.85. The van der Waals surface area contributed by atoms with Gasteiger partial charge in [0.1, 0.15) is 6.61 Å². The van der Waals surface area contributed by atoms with Gasteiger partial charge in [0.2, 0.25) is 0 Å². The molecule has 0 aromatic carbocycles. The van der Waals surface area contributed by atoms with Crippen molar-refractivity contribution in [2.45, 2.75) is 12.5 Å². The molecule has 1 rings (SSSR count). The van der Waals surface area contributed by atoms with Crippen LogP contribution in [0.5, 0.6) is 0 Å². The highest BCUT2D eigenvalue weighted by molar-refractivity contribution is 5.75. The van der Waals surface area contributed by atoms with Gasteiger partial charge in [0.25, 0.3) is 0 Å². The molecule has 6 heteroatoms. The van der Waals surface area contributed by atoms with Crippen molar-refractivity contribution in [1.82, 2.24) is 10.6 Å². The first-order valence-electron chi connectivity index (χ1n) is 5.51. The van der Waals surface area contributed by atoms with Gasteiger partial charge in [-0.3, -0.25) is 4.79 Å². The lowest BCUT2D eigenvalue weighted by Gasteiger charge is -2.30. The fourth-order valence-corrected chi connectivity index (χ4v) is 1.76. The summed E-state index contributed by atoms with van der Waals surface area (Å²) in [4.78, 5) is 22.9. The molecule has 2 N–H and O–H groups in total. The summed E-state index contributed by atoms with van der Waals surface area (Å²) in [5, 5.41) is 5.76. The summed E-state index contributed by atoms with van der Waals surface area (Å²) in [5.41, 5.74) is 0. The van der Waals surface area contributed by atoms with Crippen LogP contribution in [-0.4, -0.2) is 44.9 Å². The number of ether oxygens (including phenoxy) is 2. The van der Waals surface area contributed by atoms with Gasteiger partial charge in [0, 0.05) is 12.6 Å². The van der Waals surface area contributed by atoms with Crippen LogP contribution in [0.1, 0.15) is 6.42 Å². The van der Waals surface area contributed by atoms with Crippen molar-refractivity contribution in [2.24, 2.45) is 5.92 Å². The monoisotopic (exact) mass is 242 g/mol. The topological polar surface area (TPSA) is 76.7 Å². The van der Waals surface area contributed by atoms with E-state index in [0.717, 1.165) is 6.54 Å². The van der Waals surface area contributed by atoms with E-state index in [4.69, 9.17) is 9.47 Å². The smallest absolute Gasteiger partial charge is 0.407 e. The van der Waals surface area contributed by atoms with Gasteiger partial charge in [-0.1, -0.05) is 12.7 Å². The maximum Gasteiger partial charge on any atom is 0.407 e. The highest BCUT2D eigenvalue weighted by Gasteiger charge is 2.32. The molecule has 2 atom stereocenters. The molecule has 1 heterocycles. The minimum Gasteiger partial charge on any atom is -0.469 e. The first-order valence-corrected chi connectivity index (χ1v) is 5.51. The van der Waals surface area contributed by atoms with Gasteiger partial charge in [0.15, 0.2) is 0 Å². The molecule has 0 unspecified atom stereocenters. The largest absolute Gasteiger partial charge is 0.469 e. The molecule has 0 bridgehead atoms. The Morgan fingerprint density at radius 3 is 3.00 bits per heavy atom. The second kappa shape index (κ2) is 6.90. The number of nitrogens with one attached hydrogen (secondary N) is 2. The van der Waals surface area contributed by atoms with Crippen molar-refractivity contribution in [3.8, 4) is 0 Å². The Hall–Kier alpha value is -1.56. The lowest BCUT2D eigenvalue weighted by Crippen LogP contribution is -2.52. The van der Waals surface area contributed by atoms with Crippen LogP contribution >= 0.6 is 0 Å². The van der Waals surface area contributed by atoms with Crippen molar-refractivity contribution in [3.63, 3.8) is 0 Å². The first-order chi connectivity index (χ1) is 8.19. The Kier molecular flexibility index (Phi) is 5.48. The average Bonchev–Trinajstić information content (AvgIpc) is 2.36. The standard InChI is InChI=1S/C11H18N2O4/c1-3-6-17-11(15)13-9-4-5-12-7-8(9)10(14)16-2/h3,8-9,12H,1,4-7H2,2H3,(H,13,15)/t8-,9-/m1/s1. The van der Waals surface area contributed by atoms with Crippen LogP contribution in [0.2, 0.25) is 0 Å². The Morgan fingerprint density at radius 1 is 1.59 bits per heavy atom. The van der Waals surface area contributed by atoms with E-state index >= 15 is 0 Å². The molecule has 0 saturated carbocycles. The van der Waals surface area contributed by atoms with Crippen LogP contribution in [0, 0.1) is 5.92 Å². The Bertz CT molecular complexity index is 293. The predicted octanol–water partition coefficient (Wildman–Crippen LogP) is 0.0497. The minimum atomic E-state index is -0.536. The third kappa shape index (κ3) is 4.07. The molecule has 1 saturated heterocycles. The number of hydrogen-bond donors (Lipinski definition) is 2. The van der Waals surface area contributed by atoms with E-state index in [0.29, 0.717) is 13.0 Å². The number of methoxy groups -OCH3 is 1. The maximum atomic E-state index is 11.5. The number of alkyl carbamates (subject to hydrolysis) is 1. The molecule has 1 amide bonds. The van der Waals surface area contributed by atoms with Crippen LogP contribution in [0.4, 0.5) is 4.79 Å². The number of rotatable bonds is 4. The third-order valence-electron chi connectivity index (χ3n) is 2.62. The first kappa shape index (κ1) is 13.5. The zero-order chi connectivity index (χ0) is 12.7. The van der Waals surface area contributed by atoms with Crippen molar-refractivity contribution in [1.29, 1.82) is 0 Å². The van der Waals surface area contributed by atoms with Crippen molar-refractivity contribution in [3.05, 3.63) is 12.7 Å². The average molecular weight is 242 g/mol. The maximum absolute atomic E-state index is 11.5. The van der Waals surface area contributed by atoms with E-state index in [1.807, 2.05) is 0 Å². The molecule has 1 aliphatic rings. The summed E-state index contributed by atoms with van der Waals surface area (Å²) >= 11 is 0. The fourth-order valence-electron chi connectivity index (χ4n) is 1.76. The normalized spacial score (nSPS) is 23.6. The predicted molar refractivity (Wildman–Crippen MR) is 61.5 cm³/mol. The van der Waals surface area contributed by atoms with E-state index < -0.39 is 6.09 Å². The number of carbonyl (C=O) groups is 2. The molecule has 0 aliphatic carbocycles. The lowest BCUT2D eigenvalue weighted by molar-refractivity contribution is -0.146. The van der Waals surface area contributed by atoms with E-state index in [1.165, 1.54) is 13.2 Å². The SMILES string of the molecule is C=CCOC(=O)N[C@@H]1CCNC[C@H]1C(=O)OC. The molecule has 0 radical (unpaired) electrons. The van der Waals surface area contributed by atoms with Gasteiger partial charge in [-0.05, 0) is 13.0 Å². The van der Waals surface area contributed by atoms with Crippen LogP contribution in [0.15, 0.2) is 12.7 Å². The molecule has 96 valence electrons. The van der Waals surface area contributed by atoms with Crippen LogP contribution in [0.3, 0.4) is 0 Å². The van der Waals surface area contributed by atoms with E-state index in [2.05, 4.69) is 17.2 Å². The van der Waals surface area contributed by atoms with E-state index in [-0.39, 0.29) is 24.5 Å². The summed E-state index contributed by atoms with van der Waals surface area (Å²) in [6.07, 6.45) is 1.62. The van der Waals surface area contributed by atoms with Gasteiger partial charge >= 0.3 is 12.1 Å². The molecule has 1 aliphatic heterocycles. The molecular weight excluding hydrogens is 224 g/mol. The van der Waals surface area contributed by atoms with Gasteiger partial charge in [-0.15, -0.1) is 0 Å². The summed E-state index contributed by atoms with van der Waals surface area (Å²) < 4.78 is 9.51. The Labute approximate surface area is 100 Å². The summed E-state index contributed by atoms with van der Waals surface area (Å²) in [6, 6.07) is -0.249. The molecule has 0 aromatic rings. The second-order valence-electron chi connectivity index (χ2n) is 3.76. The highest BCUT2D eigenvalue weighted by atomic mass is 16.5. The van der Waals surface area contributed by atoms with Crippen molar-refractivity contribution in [2.75, 3.05) is 26.8 Å². The lowest BCUT2D eigenvalue weighted by atomic mass is 9.93. The number of esters is 1. The minimum absolute atomic E-state index is 0.152. The van der Waals surface area contributed by atoms with E-state index in [9.17, 15) is 9.59 Å². The van der Waals surface area contributed by atoms with Crippen LogP contribution in [-0.2, 0) is 14.3 Å². The van der Waals surface area contributed by atoms with Crippen molar-refractivity contribution >= 4 is 12.1 Å². The zero-order valence-electron chi connectivity index (χ0n) is 9.90. The van der Waals surface area contributed by atoms with Crippen molar-refractivity contribution < 1.29 is 19.1 Å². The molecule has 6 nitrogen and oxygen atoms in total. The third-order valence-corrected chi connectivity index (χ3v) is 2.62. The number of piperidine rings is 1. The van der Waals surface area contributed by atoms with Crippen LogP contribution < -0.4 is 10.6 Å². The van der Waals surface area contributed by atoms with Gasteiger partial charge in [0.05, 0.1) is 13.0 Å². The molecule has 0 aromatic heterocycles. The molecule has 0 spiro atoms. The highest BCUT2D eigenvalue weighted by Crippen LogP contribution is 2.13. The van der Waals surface area contributed by atoms with Crippen LogP contribution in [0.25, 0.3) is 0 Å². The van der Waals surface area contributed by atoms with E-state index in [1.54, 1.807) is 0 Å². The second-order valence-corrected chi connectivity index (χ2v) is 3.76. The Morgan fingerprint density at radius 2 is 2.35 bits per heavy atom. The van der Waals surface area contributed by atoms with Gasteiger partial charge in [-0.25, -0.2) is 4.79 Å². The van der Waals surface area contributed by atoms with Gasteiger partial charge in [-0.2, -0.15) is 0 Å². The number of carbonyl (C=O) groups excluding carboxylic acids is 2. The Balaban J connectivity index is 2.50. The van der Waals surface area contributed by atoms with Gasteiger partial charge < -0.3 is 20.1 Å². The summed E-state index contributed by atoms with van der Waals surface area (Å²) in [7, 11) is 1.34. The summed E-state index contributed by atoms with van der Waals surface area (Å²) in [5.74, 6) is -0.698. The quantitative estimate of drug-likeness (QED) is 0.538.